The molecule has 16 heavy (non-hydrogen) atoms. The first-order chi connectivity index (χ1) is 7.08. The summed E-state index contributed by atoms with van der Waals surface area (Å²) in [6, 6.07) is 5.28. The molecule has 0 saturated carbocycles. The molecular formula is C9H14ClFN2O2S. The third-order valence-electron chi connectivity index (χ3n) is 1.79. The van der Waals surface area contributed by atoms with Gasteiger partial charge < -0.3 is 5.32 Å². The second kappa shape index (κ2) is 6.80. The van der Waals surface area contributed by atoms with Gasteiger partial charge in [0.05, 0.1) is 0 Å². The van der Waals surface area contributed by atoms with Crippen molar-refractivity contribution < 1.29 is 12.8 Å². The van der Waals surface area contributed by atoms with E-state index in [4.69, 9.17) is 0 Å². The molecule has 92 valence electrons. The van der Waals surface area contributed by atoms with Crippen LogP contribution in [0, 0.1) is 5.82 Å². The summed E-state index contributed by atoms with van der Waals surface area (Å²) in [7, 11) is -2.02. The zero-order valence-electron chi connectivity index (χ0n) is 8.73. The maximum atomic E-state index is 13.2. The summed E-state index contributed by atoms with van der Waals surface area (Å²) >= 11 is 0. The quantitative estimate of drug-likeness (QED) is 0.775. The Morgan fingerprint density at radius 2 is 1.88 bits per heavy atom. The van der Waals surface area contributed by atoms with Gasteiger partial charge in [0.2, 0.25) is 10.0 Å². The molecule has 0 saturated heterocycles. The van der Waals surface area contributed by atoms with Gasteiger partial charge >= 0.3 is 0 Å². The van der Waals surface area contributed by atoms with Gasteiger partial charge in [0.15, 0.2) is 0 Å². The number of hydrogen-bond donors (Lipinski definition) is 2. The highest BCUT2D eigenvalue weighted by atomic mass is 35.5. The van der Waals surface area contributed by atoms with Crippen molar-refractivity contribution in [1.29, 1.82) is 0 Å². The minimum Gasteiger partial charge on any atom is -0.318 e. The first-order valence-electron chi connectivity index (χ1n) is 4.47. The van der Waals surface area contributed by atoms with Crippen molar-refractivity contribution in [3.8, 4) is 0 Å². The lowest BCUT2D eigenvalue weighted by atomic mass is 10.4. The molecule has 1 aromatic rings. The maximum absolute atomic E-state index is 13.2. The van der Waals surface area contributed by atoms with Crippen molar-refractivity contribution in [1.82, 2.24) is 10.0 Å². The van der Waals surface area contributed by atoms with E-state index in [1.54, 1.807) is 7.05 Å². The van der Waals surface area contributed by atoms with Crippen molar-refractivity contribution >= 4 is 22.4 Å². The number of benzene rings is 1. The summed E-state index contributed by atoms with van der Waals surface area (Å²) in [5.74, 6) is -0.741. The lowest BCUT2D eigenvalue weighted by Gasteiger charge is -2.06. The average molecular weight is 269 g/mol. The van der Waals surface area contributed by atoms with Gasteiger partial charge in [0, 0.05) is 13.1 Å². The molecular weight excluding hydrogens is 255 g/mol. The van der Waals surface area contributed by atoms with E-state index in [-0.39, 0.29) is 23.8 Å². The summed E-state index contributed by atoms with van der Waals surface area (Å²) in [4.78, 5) is -0.318. The fourth-order valence-corrected chi connectivity index (χ4v) is 2.16. The Bertz CT molecular complexity index is 425. The highest BCUT2D eigenvalue weighted by Crippen LogP contribution is 2.12. The highest BCUT2D eigenvalue weighted by molar-refractivity contribution is 7.89. The first kappa shape index (κ1) is 15.3. The van der Waals surface area contributed by atoms with Gasteiger partial charge in [-0.3, -0.25) is 0 Å². The smallest absolute Gasteiger partial charge is 0.243 e. The van der Waals surface area contributed by atoms with Gasteiger partial charge in [0.25, 0.3) is 0 Å². The molecule has 0 aliphatic heterocycles. The molecule has 0 atom stereocenters. The third kappa shape index (κ3) is 4.05. The van der Waals surface area contributed by atoms with E-state index in [2.05, 4.69) is 10.0 Å². The molecule has 4 nitrogen and oxygen atoms in total. The molecule has 0 aliphatic carbocycles. The third-order valence-corrected chi connectivity index (χ3v) is 3.29. The maximum Gasteiger partial charge on any atom is 0.243 e. The number of rotatable bonds is 5. The molecule has 7 heteroatoms. The number of nitrogens with one attached hydrogen (secondary N) is 2. The first-order valence-corrected chi connectivity index (χ1v) is 5.95. The predicted molar refractivity (Wildman–Crippen MR) is 62.8 cm³/mol. The van der Waals surface area contributed by atoms with Crippen molar-refractivity contribution in [3.63, 3.8) is 0 Å². The molecule has 0 heterocycles. The second-order valence-electron chi connectivity index (χ2n) is 2.93. The summed E-state index contributed by atoms with van der Waals surface area (Å²) < 4.78 is 38.5. The Labute approximate surface area is 101 Å². The largest absolute Gasteiger partial charge is 0.318 e. The summed E-state index contributed by atoms with van der Waals surface area (Å²) in [6.45, 7) is 0.723. The van der Waals surface area contributed by atoms with Crippen LogP contribution in [0.15, 0.2) is 29.2 Å². The number of halogens is 2. The van der Waals surface area contributed by atoms with Crippen LogP contribution >= 0.6 is 12.4 Å². The van der Waals surface area contributed by atoms with Crippen LogP contribution < -0.4 is 10.0 Å². The van der Waals surface area contributed by atoms with Crippen molar-refractivity contribution in [2.75, 3.05) is 20.1 Å². The van der Waals surface area contributed by atoms with Gasteiger partial charge in [-0.1, -0.05) is 12.1 Å². The van der Waals surface area contributed by atoms with Crippen molar-refractivity contribution in [3.05, 3.63) is 30.1 Å². The molecule has 0 amide bonds. The monoisotopic (exact) mass is 268 g/mol. The SMILES string of the molecule is CNCCNS(=O)(=O)c1ccccc1F.Cl. The zero-order valence-corrected chi connectivity index (χ0v) is 10.4. The molecule has 0 aromatic heterocycles. The minimum atomic E-state index is -3.73. The van der Waals surface area contributed by atoms with E-state index in [1.807, 2.05) is 0 Å². The predicted octanol–water partition coefficient (Wildman–Crippen LogP) is 0.745. The van der Waals surface area contributed by atoms with Crippen LogP contribution in [0.1, 0.15) is 0 Å². The molecule has 0 unspecified atom stereocenters. The van der Waals surface area contributed by atoms with Crippen LogP contribution in [0.4, 0.5) is 4.39 Å². The van der Waals surface area contributed by atoms with Gasteiger partial charge in [-0.15, -0.1) is 12.4 Å². The van der Waals surface area contributed by atoms with Crippen molar-refractivity contribution in [2.24, 2.45) is 0 Å². The highest BCUT2D eigenvalue weighted by Gasteiger charge is 2.16. The number of likely N-dealkylation sites (N-methyl/N-ethyl adjacent to an activating group) is 1. The summed E-state index contributed by atoms with van der Waals surface area (Å²) in [6.07, 6.45) is 0. The van der Waals surface area contributed by atoms with Gasteiger partial charge in [0.1, 0.15) is 10.7 Å². The van der Waals surface area contributed by atoms with E-state index in [0.29, 0.717) is 6.54 Å². The topological polar surface area (TPSA) is 58.2 Å². The van der Waals surface area contributed by atoms with Crippen LogP contribution in [0.2, 0.25) is 0 Å². The van der Waals surface area contributed by atoms with E-state index < -0.39 is 15.8 Å². The second-order valence-corrected chi connectivity index (χ2v) is 4.67. The van der Waals surface area contributed by atoms with E-state index in [0.717, 1.165) is 6.07 Å². The number of hydrogen-bond acceptors (Lipinski definition) is 3. The Kier molecular flexibility index (Phi) is 6.51. The number of sulfonamides is 1. The Hall–Kier alpha value is -0.690. The average Bonchev–Trinajstić information content (AvgIpc) is 2.18. The normalized spacial score (nSPS) is 10.9. The van der Waals surface area contributed by atoms with Crippen LogP contribution in [-0.4, -0.2) is 28.6 Å². The van der Waals surface area contributed by atoms with E-state index in [9.17, 15) is 12.8 Å². The molecule has 0 radical (unpaired) electrons. The molecule has 0 fully saturated rings. The molecule has 2 N–H and O–H groups in total. The lowest BCUT2D eigenvalue weighted by molar-refractivity contribution is 0.556. The van der Waals surface area contributed by atoms with Crippen molar-refractivity contribution in [2.45, 2.75) is 4.90 Å². The fraction of sp³-hybridized carbons (Fsp3) is 0.333. The van der Waals surface area contributed by atoms with Gasteiger partial charge in [-0.05, 0) is 19.2 Å². The molecule has 1 aromatic carbocycles. The Balaban J connectivity index is 0.00000225. The van der Waals surface area contributed by atoms with Crippen LogP contribution in [-0.2, 0) is 10.0 Å². The molecule has 0 aliphatic rings. The fourth-order valence-electron chi connectivity index (χ4n) is 1.05. The van der Waals surface area contributed by atoms with Crippen LogP contribution in [0.25, 0.3) is 0 Å². The molecule has 1 rings (SSSR count). The Morgan fingerprint density at radius 1 is 1.25 bits per heavy atom. The van der Waals surface area contributed by atoms with Gasteiger partial charge in [-0.25, -0.2) is 17.5 Å². The zero-order chi connectivity index (χ0) is 11.3. The van der Waals surface area contributed by atoms with Gasteiger partial charge in [-0.2, -0.15) is 0 Å². The molecule has 0 bridgehead atoms. The standard InChI is InChI=1S/C9H13FN2O2S.ClH/c1-11-6-7-12-15(13,14)9-5-3-2-4-8(9)10;/h2-5,11-12H,6-7H2,1H3;1H. The lowest BCUT2D eigenvalue weighted by Crippen LogP contribution is -2.31. The van der Waals surface area contributed by atoms with E-state index in [1.165, 1.54) is 18.2 Å². The Morgan fingerprint density at radius 3 is 2.44 bits per heavy atom. The summed E-state index contributed by atoms with van der Waals surface area (Å²) in [5, 5.41) is 2.79. The van der Waals surface area contributed by atoms with E-state index >= 15 is 0 Å². The summed E-state index contributed by atoms with van der Waals surface area (Å²) in [5.41, 5.74) is 0. The molecule has 0 spiro atoms. The van der Waals surface area contributed by atoms with Crippen LogP contribution in [0.3, 0.4) is 0 Å². The van der Waals surface area contributed by atoms with Crippen LogP contribution in [0.5, 0.6) is 0 Å². The minimum absolute atomic E-state index is 0.